The third kappa shape index (κ3) is 4.45. The lowest BCUT2D eigenvalue weighted by Crippen LogP contribution is -2.31. The quantitative estimate of drug-likeness (QED) is 0.602. The lowest BCUT2D eigenvalue weighted by molar-refractivity contribution is -0.384. The predicted molar refractivity (Wildman–Crippen MR) is 88.8 cm³/mol. The average molecular weight is 308 g/mol. The van der Waals surface area contributed by atoms with Crippen molar-refractivity contribution in [1.82, 2.24) is 5.32 Å². The molecule has 0 saturated heterocycles. The largest absolute Gasteiger partial charge is 0.307 e. The molecule has 0 spiro atoms. The van der Waals surface area contributed by atoms with Crippen molar-refractivity contribution in [3.63, 3.8) is 0 Å². The highest BCUT2D eigenvalue weighted by Crippen LogP contribution is 2.31. The zero-order valence-electron chi connectivity index (χ0n) is 12.7. The molecular formula is C16H24N2O2S. The summed E-state index contributed by atoms with van der Waals surface area (Å²) in [4.78, 5) is 10.6. The van der Waals surface area contributed by atoms with Crippen LogP contribution in [0.25, 0.3) is 0 Å². The summed E-state index contributed by atoms with van der Waals surface area (Å²) in [6.45, 7) is 2.16. The van der Waals surface area contributed by atoms with Gasteiger partial charge in [-0.25, -0.2) is 0 Å². The Bertz CT molecular complexity index is 481. The Labute approximate surface area is 130 Å². The van der Waals surface area contributed by atoms with Crippen LogP contribution >= 0.6 is 11.8 Å². The van der Waals surface area contributed by atoms with E-state index in [1.165, 1.54) is 19.3 Å². The van der Waals surface area contributed by atoms with Gasteiger partial charge < -0.3 is 5.32 Å². The van der Waals surface area contributed by atoms with E-state index in [0.717, 1.165) is 23.7 Å². The van der Waals surface area contributed by atoms with E-state index >= 15 is 0 Å². The topological polar surface area (TPSA) is 55.2 Å². The molecule has 1 aromatic rings. The number of nitrogens with one attached hydrogen (secondary N) is 1. The van der Waals surface area contributed by atoms with E-state index in [-0.39, 0.29) is 16.7 Å². The average Bonchev–Trinajstić information content (AvgIpc) is 2.94. The first-order valence-corrected chi connectivity index (χ1v) is 8.96. The first kappa shape index (κ1) is 16.3. The van der Waals surface area contributed by atoms with Crippen LogP contribution in [0.3, 0.4) is 0 Å². The molecule has 2 rings (SSSR count). The minimum Gasteiger partial charge on any atom is -0.307 e. The number of hydrogen-bond donors (Lipinski definition) is 1. The molecule has 3 atom stereocenters. The summed E-state index contributed by atoms with van der Waals surface area (Å²) >= 11 is 1.95. The molecule has 1 N–H and O–H groups in total. The summed E-state index contributed by atoms with van der Waals surface area (Å²) in [7, 11) is 0. The van der Waals surface area contributed by atoms with Gasteiger partial charge >= 0.3 is 0 Å². The molecule has 1 fully saturated rings. The Balaban J connectivity index is 2.08. The zero-order valence-corrected chi connectivity index (χ0v) is 13.6. The van der Waals surface area contributed by atoms with Gasteiger partial charge in [0.15, 0.2) is 0 Å². The number of rotatable bonds is 7. The molecule has 0 aliphatic heterocycles. The SMILES string of the molecule is CCCC(NC1CCC(SC)C1)c1cccc([N+](=O)[O-])c1. The molecule has 0 bridgehead atoms. The molecule has 1 saturated carbocycles. The molecule has 1 aliphatic rings. The molecule has 0 amide bonds. The summed E-state index contributed by atoms with van der Waals surface area (Å²) in [5.41, 5.74) is 1.22. The number of non-ortho nitro benzene ring substituents is 1. The monoisotopic (exact) mass is 308 g/mol. The van der Waals surface area contributed by atoms with E-state index in [4.69, 9.17) is 0 Å². The second-order valence-electron chi connectivity index (χ2n) is 5.73. The van der Waals surface area contributed by atoms with Crippen LogP contribution < -0.4 is 5.32 Å². The lowest BCUT2D eigenvalue weighted by Gasteiger charge is -2.23. The van der Waals surface area contributed by atoms with Crippen LogP contribution in [0.5, 0.6) is 0 Å². The smallest absolute Gasteiger partial charge is 0.269 e. The first-order valence-electron chi connectivity index (χ1n) is 7.67. The number of thioether (sulfide) groups is 1. The Morgan fingerprint density at radius 1 is 1.48 bits per heavy atom. The van der Waals surface area contributed by atoms with Crippen molar-refractivity contribution in [2.75, 3.05) is 6.26 Å². The van der Waals surface area contributed by atoms with E-state index in [0.29, 0.717) is 6.04 Å². The molecule has 1 aliphatic carbocycles. The van der Waals surface area contributed by atoms with Crippen LogP contribution in [-0.4, -0.2) is 22.5 Å². The van der Waals surface area contributed by atoms with Crippen LogP contribution in [0.15, 0.2) is 24.3 Å². The Hall–Kier alpha value is -1.07. The summed E-state index contributed by atoms with van der Waals surface area (Å²) in [6, 6.07) is 7.83. The summed E-state index contributed by atoms with van der Waals surface area (Å²) < 4.78 is 0. The van der Waals surface area contributed by atoms with Gasteiger partial charge in [-0.1, -0.05) is 25.5 Å². The Kier molecular flexibility index (Phi) is 6.06. The highest BCUT2D eigenvalue weighted by atomic mass is 32.2. The minimum absolute atomic E-state index is 0.184. The second-order valence-corrected chi connectivity index (χ2v) is 6.87. The molecule has 116 valence electrons. The van der Waals surface area contributed by atoms with Crippen LogP contribution in [0, 0.1) is 10.1 Å². The van der Waals surface area contributed by atoms with Gasteiger partial charge in [0.25, 0.3) is 5.69 Å². The zero-order chi connectivity index (χ0) is 15.2. The van der Waals surface area contributed by atoms with Gasteiger partial charge in [-0.05, 0) is 37.5 Å². The van der Waals surface area contributed by atoms with Crippen LogP contribution in [-0.2, 0) is 0 Å². The van der Waals surface area contributed by atoms with Crippen molar-refractivity contribution in [3.8, 4) is 0 Å². The van der Waals surface area contributed by atoms with Crippen LogP contribution in [0.2, 0.25) is 0 Å². The van der Waals surface area contributed by atoms with Crippen LogP contribution in [0.4, 0.5) is 5.69 Å². The standard InChI is InChI=1S/C16H24N2O2S/c1-3-5-16(17-13-8-9-15(11-13)21-2)12-6-4-7-14(10-12)18(19)20/h4,6-7,10,13,15-17H,3,5,8-9,11H2,1-2H3. The van der Waals surface area contributed by atoms with E-state index in [1.807, 2.05) is 17.8 Å². The van der Waals surface area contributed by atoms with Gasteiger partial charge in [0.05, 0.1) is 4.92 Å². The fraction of sp³-hybridized carbons (Fsp3) is 0.625. The lowest BCUT2D eigenvalue weighted by atomic mass is 10.0. The number of nitro groups is 1. The fourth-order valence-electron chi connectivity index (χ4n) is 3.08. The third-order valence-corrected chi connectivity index (χ3v) is 5.31. The van der Waals surface area contributed by atoms with Crippen molar-refractivity contribution in [2.24, 2.45) is 0 Å². The van der Waals surface area contributed by atoms with Crippen molar-refractivity contribution < 1.29 is 4.92 Å². The first-order chi connectivity index (χ1) is 10.1. The molecule has 5 heteroatoms. The highest BCUT2D eigenvalue weighted by molar-refractivity contribution is 7.99. The van der Waals surface area contributed by atoms with E-state index in [2.05, 4.69) is 18.5 Å². The molecule has 0 radical (unpaired) electrons. The van der Waals surface area contributed by atoms with Crippen molar-refractivity contribution in [1.29, 1.82) is 0 Å². The summed E-state index contributed by atoms with van der Waals surface area (Å²) in [6.07, 6.45) is 7.95. The van der Waals surface area contributed by atoms with Gasteiger partial charge in [0, 0.05) is 29.5 Å². The highest BCUT2D eigenvalue weighted by Gasteiger charge is 2.26. The maximum absolute atomic E-state index is 10.9. The number of nitro benzene ring substituents is 1. The molecule has 21 heavy (non-hydrogen) atoms. The molecule has 1 aromatic carbocycles. The van der Waals surface area contributed by atoms with Crippen molar-refractivity contribution in [2.45, 2.75) is 56.4 Å². The Morgan fingerprint density at radius 2 is 2.29 bits per heavy atom. The molecule has 4 nitrogen and oxygen atoms in total. The number of hydrogen-bond acceptors (Lipinski definition) is 4. The fourth-order valence-corrected chi connectivity index (χ4v) is 3.88. The predicted octanol–water partition coefficient (Wildman–Crippen LogP) is 4.31. The van der Waals surface area contributed by atoms with Gasteiger partial charge in [0.1, 0.15) is 0 Å². The molecule has 3 unspecified atom stereocenters. The van der Waals surface area contributed by atoms with Crippen molar-refractivity contribution in [3.05, 3.63) is 39.9 Å². The Morgan fingerprint density at radius 3 is 2.90 bits per heavy atom. The maximum atomic E-state index is 10.9. The van der Waals surface area contributed by atoms with Gasteiger partial charge in [-0.2, -0.15) is 11.8 Å². The van der Waals surface area contributed by atoms with E-state index in [9.17, 15) is 10.1 Å². The molecule has 0 heterocycles. The van der Waals surface area contributed by atoms with Gasteiger partial charge in [-0.15, -0.1) is 0 Å². The van der Waals surface area contributed by atoms with Gasteiger partial charge in [0.2, 0.25) is 0 Å². The van der Waals surface area contributed by atoms with Crippen LogP contribution in [0.1, 0.15) is 50.6 Å². The minimum atomic E-state index is -0.314. The number of nitrogens with zero attached hydrogens (tertiary/aromatic N) is 1. The third-order valence-electron chi connectivity index (χ3n) is 4.22. The number of benzene rings is 1. The summed E-state index contributed by atoms with van der Waals surface area (Å²) in [5.74, 6) is 0. The van der Waals surface area contributed by atoms with Crippen molar-refractivity contribution >= 4 is 17.4 Å². The maximum Gasteiger partial charge on any atom is 0.269 e. The summed E-state index contributed by atoms with van der Waals surface area (Å²) in [5, 5.41) is 15.4. The van der Waals surface area contributed by atoms with E-state index in [1.54, 1.807) is 18.2 Å². The second kappa shape index (κ2) is 7.80. The van der Waals surface area contributed by atoms with E-state index < -0.39 is 0 Å². The molecule has 0 aromatic heterocycles. The molecular weight excluding hydrogens is 284 g/mol. The van der Waals surface area contributed by atoms with Gasteiger partial charge in [-0.3, -0.25) is 10.1 Å². The normalized spacial score (nSPS) is 23.1.